The maximum atomic E-state index is 13.8. The second kappa shape index (κ2) is 8.62. The van der Waals surface area contributed by atoms with Crippen molar-refractivity contribution >= 4 is 0 Å². The number of hydrogen-bond donors (Lipinski definition) is 0. The summed E-state index contributed by atoms with van der Waals surface area (Å²) >= 11 is 0. The summed E-state index contributed by atoms with van der Waals surface area (Å²) in [5.74, 6) is -36.1. The Bertz CT molecular complexity index is 723. The van der Waals surface area contributed by atoms with Crippen molar-refractivity contribution in [1.29, 1.82) is 0 Å². The smallest absolute Gasteiger partial charge is 0.310 e. The largest absolute Gasteiger partial charge is 0.426 e. The molecule has 0 spiro atoms. The molecule has 1 atom stereocenters. The molecule has 0 aliphatic carbocycles. The fourth-order valence-corrected chi connectivity index (χ4v) is 2.17. The van der Waals surface area contributed by atoms with E-state index in [1.54, 1.807) is 0 Å². The zero-order chi connectivity index (χ0) is 24.5. The van der Waals surface area contributed by atoms with E-state index in [-0.39, 0.29) is 0 Å². The Balaban J connectivity index is 3.28. The molecule has 1 heterocycles. The number of rotatable bonds is 11. The number of hydrogen-bond acceptors (Lipinski definition) is 1. The summed E-state index contributed by atoms with van der Waals surface area (Å²) in [5, 5.41) is 0. The SMILES string of the molecule is CC(CF)OC(F)(F)C(F)(F)C(F)(F)C(F)(F)C(F)(F)C(F)(F)CC[n+]1ccccc1. The van der Waals surface area contributed by atoms with Crippen LogP contribution in [-0.2, 0) is 11.3 Å². The fourth-order valence-electron chi connectivity index (χ4n) is 2.17. The molecule has 0 aromatic carbocycles. The van der Waals surface area contributed by atoms with Crippen molar-refractivity contribution in [2.24, 2.45) is 0 Å². The van der Waals surface area contributed by atoms with Crippen LogP contribution in [-0.4, -0.2) is 48.5 Å². The average Bonchev–Trinajstić information content (AvgIpc) is 2.66. The Labute approximate surface area is 166 Å². The van der Waals surface area contributed by atoms with Crippen molar-refractivity contribution < 1.29 is 66.4 Å². The lowest BCUT2D eigenvalue weighted by Crippen LogP contribution is -2.71. The quantitative estimate of drug-likeness (QED) is 0.299. The summed E-state index contributed by atoms with van der Waals surface area (Å²) in [6.07, 6.45) is -9.37. The molecule has 0 saturated carbocycles. The van der Waals surface area contributed by atoms with Gasteiger partial charge in [0.25, 0.3) is 0 Å². The summed E-state index contributed by atoms with van der Waals surface area (Å²) in [7, 11) is 0. The molecular formula is C16H15F13NO+. The molecule has 0 N–H and O–H groups in total. The van der Waals surface area contributed by atoms with Crippen LogP contribution in [0.2, 0.25) is 0 Å². The van der Waals surface area contributed by atoms with Gasteiger partial charge in [0, 0.05) is 12.1 Å². The first-order valence-corrected chi connectivity index (χ1v) is 8.23. The third-order valence-corrected chi connectivity index (χ3v) is 4.04. The highest BCUT2D eigenvalue weighted by atomic mass is 19.4. The van der Waals surface area contributed by atoms with Gasteiger partial charge in [0.2, 0.25) is 0 Å². The highest BCUT2D eigenvalue weighted by Crippen LogP contribution is 2.60. The topological polar surface area (TPSA) is 13.1 Å². The van der Waals surface area contributed by atoms with E-state index in [9.17, 15) is 57.1 Å². The predicted molar refractivity (Wildman–Crippen MR) is 77.5 cm³/mol. The molecule has 0 radical (unpaired) electrons. The van der Waals surface area contributed by atoms with E-state index in [1.807, 2.05) is 0 Å². The maximum absolute atomic E-state index is 13.8. The molecule has 0 aliphatic rings. The van der Waals surface area contributed by atoms with Gasteiger partial charge in [0.15, 0.2) is 18.9 Å². The van der Waals surface area contributed by atoms with Crippen LogP contribution in [0.4, 0.5) is 57.1 Å². The zero-order valence-electron chi connectivity index (χ0n) is 15.4. The second-order valence-electron chi connectivity index (χ2n) is 6.46. The lowest BCUT2D eigenvalue weighted by Gasteiger charge is -2.41. The van der Waals surface area contributed by atoms with Gasteiger partial charge in [0.05, 0.1) is 12.5 Å². The van der Waals surface area contributed by atoms with E-state index in [0.717, 1.165) is 17.0 Å². The molecule has 0 fully saturated rings. The molecule has 0 saturated heterocycles. The van der Waals surface area contributed by atoms with Gasteiger partial charge in [-0.2, -0.15) is 52.7 Å². The third-order valence-electron chi connectivity index (χ3n) is 4.04. The van der Waals surface area contributed by atoms with Crippen LogP contribution in [0.1, 0.15) is 13.3 Å². The average molecular weight is 484 g/mol. The van der Waals surface area contributed by atoms with E-state index in [0.29, 0.717) is 6.92 Å². The number of aryl methyl sites for hydroxylation is 1. The van der Waals surface area contributed by atoms with Crippen LogP contribution < -0.4 is 4.57 Å². The molecule has 180 valence electrons. The standard InChI is InChI=1S/C16H15F13NO/c1-10(9-17)31-16(28,29)15(26,27)14(24,25)13(22,23)12(20,21)11(18,19)5-8-30-6-3-2-4-7-30/h2-4,6-7,10H,5,8-9H2,1H3/q+1. The molecule has 1 aromatic heterocycles. The van der Waals surface area contributed by atoms with Crippen LogP contribution in [0.25, 0.3) is 0 Å². The van der Waals surface area contributed by atoms with E-state index in [2.05, 4.69) is 4.74 Å². The van der Waals surface area contributed by atoms with Gasteiger partial charge in [0.1, 0.15) is 6.67 Å². The molecule has 0 aliphatic heterocycles. The summed E-state index contributed by atoms with van der Waals surface area (Å²) in [6.45, 7) is -2.81. The minimum Gasteiger partial charge on any atom is -0.310 e. The Kier molecular flexibility index (Phi) is 7.57. The van der Waals surface area contributed by atoms with Crippen molar-refractivity contribution in [3.05, 3.63) is 30.6 Å². The van der Waals surface area contributed by atoms with E-state index in [4.69, 9.17) is 0 Å². The van der Waals surface area contributed by atoms with Crippen LogP contribution in [0, 0.1) is 0 Å². The summed E-state index contributed by atoms with van der Waals surface area (Å²) < 4.78 is 179. The zero-order valence-corrected chi connectivity index (χ0v) is 15.4. The lowest BCUT2D eigenvalue weighted by molar-refractivity contribution is -0.700. The molecule has 1 unspecified atom stereocenters. The first-order valence-electron chi connectivity index (χ1n) is 8.23. The number of aromatic nitrogens is 1. The van der Waals surface area contributed by atoms with Crippen LogP contribution in [0.5, 0.6) is 0 Å². The Hall–Kier alpha value is -1.80. The molecule has 15 heteroatoms. The van der Waals surface area contributed by atoms with Gasteiger partial charge in [-0.05, 0) is 6.92 Å². The van der Waals surface area contributed by atoms with Crippen LogP contribution >= 0.6 is 0 Å². The number of ether oxygens (including phenoxy) is 1. The van der Waals surface area contributed by atoms with Crippen molar-refractivity contribution in [2.45, 2.75) is 61.7 Å². The van der Waals surface area contributed by atoms with Gasteiger partial charge in [-0.15, -0.1) is 0 Å². The predicted octanol–water partition coefficient (Wildman–Crippen LogP) is 5.51. The number of pyridine rings is 1. The van der Waals surface area contributed by atoms with Crippen molar-refractivity contribution in [3.63, 3.8) is 0 Å². The summed E-state index contributed by atoms with van der Waals surface area (Å²) in [5.41, 5.74) is 0. The molecule has 0 amide bonds. The van der Waals surface area contributed by atoms with Crippen LogP contribution in [0.15, 0.2) is 30.6 Å². The van der Waals surface area contributed by atoms with Gasteiger partial charge in [-0.1, -0.05) is 6.07 Å². The minimum absolute atomic E-state index is 0.310. The Morgan fingerprint density at radius 2 is 1.16 bits per heavy atom. The molecule has 1 rings (SSSR count). The highest BCUT2D eigenvalue weighted by molar-refractivity contribution is 5.10. The van der Waals surface area contributed by atoms with Gasteiger partial charge in [-0.3, -0.25) is 0 Å². The normalized spacial score (nSPS) is 15.8. The Morgan fingerprint density at radius 1 is 0.710 bits per heavy atom. The van der Waals surface area contributed by atoms with E-state index >= 15 is 0 Å². The molecular weight excluding hydrogens is 469 g/mol. The highest BCUT2D eigenvalue weighted by Gasteiger charge is 2.90. The fraction of sp³-hybridized carbons (Fsp3) is 0.688. The number of alkyl halides is 13. The van der Waals surface area contributed by atoms with E-state index in [1.165, 1.54) is 18.2 Å². The first kappa shape index (κ1) is 27.2. The van der Waals surface area contributed by atoms with Crippen molar-refractivity contribution in [2.75, 3.05) is 6.67 Å². The third kappa shape index (κ3) is 4.70. The first-order chi connectivity index (χ1) is 13.8. The lowest BCUT2D eigenvalue weighted by atomic mass is 9.92. The second-order valence-corrected chi connectivity index (χ2v) is 6.46. The molecule has 1 aromatic rings. The number of halogens is 13. The maximum Gasteiger partial charge on any atom is 0.426 e. The van der Waals surface area contributed by atoms with Gasteiger partial charge in [-0.25, -0.2) is 8.96 Å². The molecule has 0 bridgehead atoms. The molecule has 31 heavy (non-hydrogen) atoms. The van der Waals surface area contributed by atoms with E-state index < -0.39 is 61.5 Å². The molecule has 2 nitrogen and oxygen atoms in total. The van der Waals surface area contributed by atoms with Gasteiger partial charge >= 0.3 is 35.7 Å². The van der Waals surface area contributed by atoms with Crippen molar-refractivity contribution in [1.82, 2.24) is 0 Å². The van der Waals surface area contributed by atoms with Crippen LogP contribution in [0.3, 0.4) is 0 Å². The number of nitrogens with zero attached hydrogens (tertiary/aromatic N) is 1. The summed E-state index contributed by atoms with van der Waals surface area (Å²) in [6, 6.07) is 3.77. The van der Waals surface area contributed by atoms with Gasteiger partial charge < -0.3 is 4.74 Å². The monoisotopic (exact) mass is 484 g/mol. The minimum atomic E-state index is -7.74. The Morgan fingerprint density at radius 3 is 1.61 bits per heavy atom. The van der Waals surface area contributed by atoms with Crippen molar-refractivity contribution in [3.8, 4) is 0 Å². The summed E-state index contributed by atoms with van der Waals surface area (Å²) in [4.78, 5) is 0.